The molecule has 4 nitrogen and oxygen atoms in total. The van der Waals surface area contributed by atoms with Gasteiger partial charge in [0, 0.05) is 27.6 Å². The summed E-state index contributed by atoms with van der Waals surface area (Å²) in [5.74, 6) is -0.681. The molecule has 4 saturated carbocycles. The van der Waals surface area contributed by atoms with Crippen LogP contribution in [-0.2, 0) is 0 Å². The molecule has 2 N–H and O–H groups in total. The van der Waals surface area contributed by atoms with Crippen molar-refractivity contribution in [3.8, 4) is 0 Å². The number of rotatable bonds is 5. The van der Waals surface area contributed by atoms with Crippen LogP contribution in [0.15, 0.2) is 42.5 Å². The van der Waals surface area contributed by atoms with E-state index in [1.807, 2.05) is 0 Å². The van der Waals surface area contributed by atoms with Crippen molar-refractivity contribution in [1.29, 1.82) is 0 Å². The van der Waals surface area contributed by atoms with Crippen LogP contribution in [0.3, 0.4) is 0 Å². The Labute approximate surface area is 177 Å². The summed E-state index contributed by atoms with van der Waals surface area (Å²) in [5, 5.41) is 7.11. The summed E-state index contributed by atoms with van der Waals surface area (Å²) >= 11 is 11.9. The summed E-state index contributed by atoms with van der Waals surface area (Å²) in [5.41, 5.74) is 0.609. The zero-order valence-electron chi connectivity index (χ0n) is 15.5. The van der Waals surface area contributed by atoms with Crippen molar-refractivity contribution in [2.45, 2.75) is 43.2 Å². The van der Waals surface area contributed by atoms with E-state index >= 15 is 0 Å². The lowest BCUT2D eigenvalue weighted by molar-refractivity contribution is -0.175. The number of nitrogens with one attached hydrogen (secondary N) is 2. The highest BCUT2D eigenvalue weighted by molar-refractivity contribution is 6.42. The monoisotopic (exact) mass is 432 g/mol. The second-order valence-electron chi connectivity index (χ2n) is 8.72. The predicted octanol–water partition coefficient (Wildman–Crippen LogP) is 4.75. The van der Waals surface area contributed by atoms with Crippen LogP contribution in [0.2, 0.25) is 10.0 Å². The fourth-order valence-electron chi connectivity index (χ4n) is 5.18. The largest absolute Gasteiger partial charge is 0.347 e. The first-order valence-corrected chi connectivity index (χ1v) is 10.4. The predicted molar refractivity (Wildman–Crippen MR) is 109 cm³/mol. The first kappa shape index (κ1) is 18.9. The fraction of sp³-hybridized carbons (Fsp3) is 0.364. The Kier molecular flexibility index (Phi) is 4.03. The molecule has 0 saturated heterocycles. The van der Waals surface area contributed by atoms with E-state index in [-0.39, 0.29) is 34.1 Å². The third-order valence-corrected chi connectivity index (χ3v) is 7.55. The first-order chi connectivity index (χ1) is 13.8. The molecular formula is C22H19Cl2FN2O2. The average molecular weight is 433 g/mol. The molecule has 29 heavy (non-hydrogen) atoms. The van der Waals surface area contributed by atoms with Gasteiger partial charge in [-0.3, -0.25) is 9.59 Å². The minimum Gasteiger partial charge on any atom is -0.347 e. The van der Waals surface area contributed by atoms with Gasteiger partial charge in [-0.2, -0.15) is 0 Å². The lowest BCUT2D eigenvalue weighted by Gasteiger charge is -2.73. The van der Waals surface area contributed by atoms with E-state index in [2.05, 4.69) is 10.6 Å². The first-order valence-electron chi connectivity index (χ1n) is 9.61. The Hall–Kier alpha value is -2.11. The molecule has 0 unspecified atom stereocenters. The van der Waals surface area contributed by atoms with Gasteiger partial charge in [-0.15, -0.1) is 0 Å². The van der Waals surface area contributed by atoms with Gasteiger partial charge in [0.05, 0.1) is 10.0 Å². The molecule has 7 heteroatoms. The maximum atomic E-state index is 13.1. The average Bonchev–Trinajstić information content (AvgIpc) is 3.39. The Balaban J connectivity index is 1.22. The van der Waals surface area contributed by atoms with Crippen LogP contribution < -0.4 is 10.6 Å². The van der Waals surface area contributed by atoms with E-state index in [9.17, 15) is 14.0 Å². The van der Waals surface area contributed by atoms with E-state index in [4.69, 9.17) is 23.2 Å². The molecule has 150 valence electrons. The van der Waals surface area contributed by atoms with Gasteiger partial charge >= 0.3 is 0 Å². The Morgan fingerprint density at radius 1 is 0.828 bits per heavy atom. The van der Waals surface area contributed by atoms with Crippen molar-refractivity contribution in [3.05, 3.63) is 69.5 Å². The van der Waals surface area contributed by atoms with Crippen molar-refractivity contribution in [3.63, 3.8) is 0 Å². The smallest absolute Gasteiger partial charge is 0.251 e. The molecule has 0 aromatic heterocycles. The Morgan fingerprint density at radius 3 is 2.00 bits per heavy atom. The van der Waals surface area contributed by atoms with Gasteiger partial charge in [0.1, 0.15) is 5.82 Å². The van der Waals surface area contributed by atoms with E-state index in [1.165, 1.54) is 24.3 Å². The van der Waals surface area contributed by atoms with Crippen LogP contribution >= 0.6 is 23.2 Å². The van der Waals surface area contributed by atoms with Crippen LogP contribution in [0.1, 0.15) is 52.8 Å². The van der Waals surface area contributed by atoms with Crippen LogP contribution in [0.4, 0.5) is 4.39 Å². The molecule has 6 rings (SSSR count). The third kappa shape index (κ3) is 2.94. The minimum absolute atomic E-state index is 0.0492. The SMILES string of the molecule is O=C(NC12CC(C3(NC(=O)c4ccc(F)cc4)CC3)(C1)C2)c1ccc(Cl)c(Cl)c1. The van der Waals surface area contributed by atoms with Gasteiger partial charge in [-0.25, -0.2) is 4.39 Å². The number of carbonyl (C=O) groups excluding carboxylic acids is 2. The van der Waals surface area contributed by atoms with Gasteiger partial charge < -0.3 is 10.6 Å². The molecule has 2 aromatic rings. The molecule has 2 aromatic carbocycles. The highest BCUT2D eigenvalue weighted by atomic mass is 35.5. The molecule has 2 bridgehead atoms. The topological polar surface area (TPSA) is 58.2 Å². The number of halogens is 3. The van der Waals surface area contributed by atoms with Gasteiger partial charge in [-0.05, 0) is 74.6 Å². The summed E-state index contributed by atoms with van der Waals surface area (Å²) < 4.78 is 13.1. The standard InChI is InChI=1S/C22H19Cl2FN2O2/c23-16-6-3-14(9-17(16)24)19(29)26-21-10-20(11-21,12-21)22(7-8-22)27-18(28)13-1-4-15(25)5-2-13/h1-6,9H,7-8,10-12H2,(H,26,29)(H,27,28). The molecule has 2 amide bonds. The van der Waals surface area contributed by atoms with Crippen molar-refractivity contribution in [2.75, 3.05) is 0 Å². The Morgan fingerprint density at radius 2 is 1.41 bits per heavy atom. The van der Waals surface area contributed by atoms with Crippen molar-refractivity contribution in [1.82, 2.24) is 10.6 Å². The number of hydrogen-bond acceptors (Lipinski definition) is 2. The van der Waals surface area contributed by atoms with Gasteiger partial charge in [0.2, 0.25) is 0 Å². The number of carbonyl (C=O) groups is 2. The summed E-state index contributed by atoms with van der Waals surface area (Å²) in [6, 6.07) is 10.4. The normalized spacial score (nSPS) is 28.0. The maximum absolute atomic E-state index is 13.1. The van der Waals surface area contributed by atoms with Crippen molar-refractivity contribution < 1.29 is 14.0 Å². The summed E-state index contributed by atoms with van der Waals surface area (Å²) in [7, 11) is 0. The minimum atomic E-state index is -0.359. The fourth-order valence-corrected chi connectivity index (χ4v) is 5.48. The molecule has 0 heterocycles. The van der Waals surface area contributed by atoms with Crippen LogP contribution in [-0.4, -0.2) is 22.9 Å². The van der Waals surface area contributed by atoms with Crippen LogP contribution in [0.25, 0.3) is 0 Å². The number of hydrogen-bond donors (Lipinski definition) is 2. The number of benzene rings is 2. The maximum Gasteiger partial charge on any atom is 0.251 e. The highest BCUT2D eigenvalue weighted by Crippen LogP contribution is 2.76. The van der Waals surface area contributed by atoms with E-state index in [1.54, 1.807) is 18.2 Å². The summed E-state index contributed by atoms with van der Waals surface area (Å²) in [6.07, 6.45) is 4.46. The molecule has 0 radical (unpaired) electrons. The number of amides is 2. The van der Waals surface area contributed by atoms with Gasteiger partial charge in [-0.1, -0.05) is 23.2 Å². The molecule has 4 fully saturated rings. The quantitative estimate of drug-likeness (QED) is 0.715. The second-order valence-corrected chi connectivity index (χ2v) is 9.53. The zero-order chi connectivity index (χ0) is 20.4. The highest BCUT2D eigenvalue weighted by Gasteiger charge is 2.78. The zero-order valence-corrected chi connectivity index (χ0v) is 17.0. The lowest BCUT2D eigenvalue weighted by atomic mass is 9.36. The van der Waals surface area contributed by atoms with Crippen LogP contribution in [0.5, 0.6) is 0 Å². The van der Waals surface area contributed by atoms with Gasteiger partial charge in [0.15, 0.2) is 0 Å². The Bertz CT molecular complexity index is 1010. The summed E-state index contributed by atoms with van der Waals surface area (Å²) in [6.45, 7) is 0. The van der Waals surface area contributed by atoms with Crippen molar-refractivity contribution >= 4 is 35.0 Å². The summed E-state index contributed by atoms with van der Waals surface area (Å²) in [4.78, 5) is 25.2. The van der Waals surface area contributed by atoms with E-state index < -0.39 is 0 Å². The molecule has 0 spiro atoms. The van der Waals surface area contributed by atoms with Crippen molar-refractivity contribution in [2.24, 2.45) is 5.41 Å². The lowest BCUT2D eigenvalue weighted by Crippen LogP contribution is -2.80. The van der Waals surface area contributed by atoms with Gasteiger partial charge in [0.25, 0.3) is 11.8 Å². The molecule has 0 aliphatic heterocycles. The van der Waals surface area contributed by atoms with E-state index in [0.29, 0.717) is 21.2 Å². The molecule has 4 aliphatic rings. The van der Waals surface area contributed by atoms with Crippen LogP contribution in [0, 0.1) is 11.2 Å². The molecule has 4 aliphatic carbocycles. The second kappa shape index (κ2) is 6.19. The third-order valence-electron chi connectivity index (χ3n) is 6.82. The van der Waals surface area contributed by atoms with E-state index in [0.717, 1.165) is 32.1 Å². The molecule has 0 atom stereocenters. The molecular weight excluding hydrogens is 414 g/mol.